The van der Waals surface area contributed by atoms with E-state index in [2.05, 4.69) is 16.9 Å². The molecule has 0 unspecified atom stereocenters. The lowest BCUT2D eigenvalue weighted by Crippen LogP contribution is -2.28. The number of benzene rings is 1. The molecule has 0 N–H and O–H groups in total. The largest absolute Gasteiger partial charge is 0.494 e. The van der Waals surface area contributed by atoms with Gasteiger partial charge in [0.25, 0.3) is 5.56 Å². The Labute approximate surface area is 162 Å². The third-order valence-corrected chi connectivity index (χ3v) is 5.30. The first-order valence-corrected chi connectivity index (χ1v) is 10.0. The molecule has 0 aliphatic carbocycles. The molecule has 2 aromatic rings. The van der Waals surface area contributed by atoms with Gasteiger partial charge < -0.3 is 9.64 Å². The van der Waals surface area contributed by atoms with Crippen LogP contribution in [0.1, 0.15) is 51.6 Å². The molecule has 5 nitrogen and oxygen atoms in total. The van der Waals surface area contributed by atoms with Gasteiger partial charge in [-0.15, -0.1) is 0 Å². The van der Waals surface area contributed by atoms with Gasteiger partial charge in [0.2, 0.25) is 0 Å². The minimum absolute atomic E-state index is 0.0268. The van der Waals surface area contributed by atoms with Crippen molar-refractivity contribution in [1.82, 2.24) is 14.7 Å². The SMILES string of the molecule is Cc1cc(-c2ccc(OCCCN3CCC[C@H]3C)cc2)nn(C(C)C)c1=O. The van der Waals surface area contributed by atoms with Crippen LogP contribution in [0.5, 0.6) is 5.75 Å². The van der Waals surface area contributed by atoms with Crippen LogP contribution in [0.2, 0.25) is 0 Å². The fraction of sp³-hybridized carbons (Fsp3) is 0.545. The van der Waals surface area contributed by atoms with Crippen LogP contribution >= 0.6 is 0 Å². The van der Waals surface area contributed by atoms with E-state index in [0.29, 0.717) is 11.6 Å². The molecule has 5 heteroatoms. The van der Waals surface area contributed by atoms with Crippen molar-refractivity contribution < 1.29 is 4.74 Å². The number of aromatic nitrogens is 2. The van der Waals surface area contributed by atoms with Gasteiger partial charge >= 0.3 is 0 Å². The van der Waals surface area contributed by atoms with Gasteiger partial charge in [-0.25, -0.2) is 4.68 Å². The van der Waals surface area contributed by atoms with E-state index in [1.54, 1.807) is 4.68 Å². The monoisotopic (exact) mass is 369 g/mol. The fourth-order valence-electron chi connectivity index (χ4n) is 3.63. The first kappa shape index (κ1) is 19.6. The highest BCUT2D eigenvalue weighted by molar-refractivity contribution is 5.60. The van der Waals surface area contributed by atoms with Crippen LogP contribution in [0.3, 0.4) is 0 Å². The van der Waals surface area contributed by atoms with Crippen molar-refractivity contribution in [1.29, 1.82) is 0 Å². The van der Waals surface area contributed by atoms with Crippen LogP contribution in [0.4, 0.5) is 0 Å². The van der Waals surface area contributed by atoms with E-state index in [1.165, 1.54) is 19.4 Å². The van der Waals surface area contributed by atoms with Crippen molar-refractivity contribution in [3.8, 4) is 17.0 Å². The van der Waals surface area contributed by atoms with Crippen molar-refractivity contribution in [3.63, 3.8) is 0 Å². The average molecular weight is 370 g/mol. The number of hydrogen-bond acceptors (Lipinski definition) is 4. The standard InChI is InChI=1S/C22H31N3O2/c1-16(2)25-22(26)17(3)15-21(23-25)19-8-10-20(11-9-19)27-14-6-13-24-12-5-7-18(24)4/h8-11,15-16,18H,5-7,12-14H2,1-4H3/t18-/m1/s1. The summed E-state index contributed by atoms with van der Waals surface area (Å²) < 4.78 is 7.44. The summed E-state index contributed by atoms with van der Waals surface area (Å²) in [5.41, 5.74) is 2.49. The molecule has 3 rings (SSSR count). The van der Waals surface area contributed by atoms with Crippen molar-refractivity contribution in [3.05, 3.63) is 46.2 Å². The maximum Gasteiger partial charge on any atom is 0.269 e. The van der Waals surface area contributed by atoms with Crippen LogP contribution in [0, 0.1) is 6.92 Å². The molecule has 1 atom stereocenters. The predicted molar refractivity (Wildman–Crippen MR) is 109 cm³/mol. The second-order valence-electron chi connectivity index (χ2n) is 7.81. The Morgan fingerprint density at radius 2 is 2.00 bits per heavy atom. The first-order valence-electron chi connectivity index (χ1n) is 10.0. The zero-order valence-electron chi connectivity index (χ0n) is 16.9. The van der Waals surface area contributed by atoms with Gasteiger partial charge in [-0.3, -0.25) is 4.79 Å². The third kappa shape index (κ3) is 4.78. The van der Waals surface area contributed by atoms with Gasteiger partial charge in [0, 0.05) is 23.7 Å². The van der Waals surface area contributed by atoms with E-state index < -0.39 is 0 Å². The summed E-state index contributed by atoms with van der Waals surface area (Å²) in [5.74, 6) is 0.877. The van der Waals surface area contributed by atoms with Crippen molar-refractivity contribution >= 4 is 0 Å². The topological polar surface area (TPSA) is 47.4 Å². The Bertz CT molecular complexity index is 811. The lowest BCUT2D eigenvalue weighted by Gasteiger charge is -2.20. The molecule has 0 radical (unpaired) electrons. The van der Waals surface area contributed by atoms with Crippen LogP contribution in [0.15, 0.2) is 35.1 Å². The predicted octanol–water partition coefficient (Wildman–Crippen LogP) is 4.05. The molecule has 1 saturated heterocycles. The molecule has 1 aromatic carbocycles. The quantitative estimate of drug-likeness (QED) is 0.691. The highest BCUT2D eigenvalue weighted by atomic mass is 16.5. The van der Waals surface area contributed by atoms with E-state index in [1.807, 2.05) is 51.1 Å². The van der Waals surface area contributed by atoms with Crippen molar-refractivity contribution in [2.45, 2.75) is 59.0 Å². The second-order valence-corrected chi connectivity index (χ2v) is 7.81. The number of hydrogen-bond donors (Lipinski definition) is 0. The minimum Gasteiger partial charge on any atom is -0.494 e. The summed E-state index contributed by atoms with van der Waals surface area (Å²) >= 11 is 0. The van der Waals surface area contributed by atoms with Crippen LogP contribution in [0.25, 0.3) is 11.3 Å². The molecule has 27 heavy (non-hydrogen) atoms. The smallest absolute Gasteiger partial charge is 0.269 e. The summed E-state index contributed by atoms with van der Waals surface area (Å²) in [6, 6.07) is 10.6. The van der Waals surface area contributed by atoms with E-state index in [-0.39, 0.29) is 11.6 Å². The molecule has 0 saturated carbocycles. The second kappa shape index (κ2) is 8.70. The van der Waals surface area contributed by atoms with Crippen molar-refractivity contribution in [2.75, 3.05) is 19.7 Å². The average Bonchev–Trinajstić information content (AvgIpc) is 3.06. The highest BCUT2D eigenvalue weighted by Gasteiger charge is 2.19. The first-order chi connectivity index (χ1) is 13.0. The lowest BCUT2D eigenvalue weighted by atomic mass is 10.1. The third-order valence-electron chi connectivity index (χ3n) is 5.30. The minimum atomic E-state index is -0.0268. The molecule has 0 spiro atoms. The maximum absolute atomic E-state index is 12.2. The molecular formula is C22H31N3O2. The van der Waals surface area contributed by atoms with Gasteiger partial charge in [0.1, 0.15) is 5.75 Å². The molecule has 0 bridgehead atoms. The summed E-state index contributed by atoms with van der Waals surface area (Å²) in [4.78, 5) is 14.7. The van der Waals surface area contributed by atoms with Crippen LogP contribution in [-0.4, -0.2) is 40.4 Å². The van der Waals surface area contributed by atoms with E-state index >= 15 is 0 Å². The van der Waals surface area contributed by atoms with Crippen molar-refractivity contribution in [2.24, 2.45) is 0 Å². The number of ether oxygens (including phenoxy) is 1. The molecule has 146 valence electrons. The summed E-state index contributed by atoms with van der Waals surface area (Å²) in [6.07, 6.45) is 3.69. The van der Waals surface area contributed by atoms with Gasteiger partial charge in [0.05, 0.1) is 18.3 Å². The molecular weight excluding hydrogens is 338 g/mol. The van der Waals surface area contributed by atoms with Gasteiger partial charge in [-0.2, -0.15) is 5.10 Å². The molecule has 1 aliphatic heterocycles. The number of likely N-dealkylation sites (tertiary alicyclic amines) is 1. The molecule has 2 heterocycles. The number of rotatable bonds is 7. The maximum atomic E-state index is 12.2. The number of aryl methyl sites for hydroxylation is 1. The Hall–Kier alpha value is -2.14. The normalized spacial score (nSPS) is 17.6. The summed E-state index contributed by atoms with van der Waals surface area (Å²) in [6.45, 7) is 11.2. The highest BCUT2D eigenvalue weighted by Crippen LogP contribution is 2.21. The zero-order chi connectivity index (χ0) is 19.4. The molecule has 1 aliphatic rings. The Morgan fingerprint density at radius 3 is 2.63 bits per heavy atom. The Balaban J connectivity index is 1.59. The van der Waals surface area contributed by atoms with Crippen LogP contribution in [-0.2, 0) is 0 Å². The van der Waals surface area contributed by atoms with Crippen LogP contribution < -0.4 is 10.3 Å². The fourth-order valence-corrected chi connectivity index (χ4v) is 3.63. The van der Waals surface area contributed by atoms with Gasteiger partial charge in [0.15, 0.2) is 0 Å². The Morgan fingerprint density at radius 1 is 1.26 bits per heavy atom. The molecule has 1 aromatic heterocycles. The van der Waals surface area contributed by atoms with E-state index in [4.69, 9.17) is 4.74 Å². The zero-order valence-corrected chi connectivity index (χ0v) is 16.9. The number of nitrogens with zero attached hydrogens (tertiary/aromatic N) is 3. The van der Waals surface area contributed by atoms with Gasteiger partial charge in [-0.05, 0) is 83.8 Å². The summed E-state index contributed by atoms with van der Waals surface area (Å²) in [5, 5.41) is 4.52. The van der Waals surface area contributed by atoms with E-state index in [0.717, 1.165) is 36.6 Å². The lowest BCUT2D eigenvalue weighted by molar-refractivity contribution is 0.230. The van der Waals surface area contributed by atoms with Gasteiger partial charge in [-0.1, -0.05) is 0 Å². The molecule has 0 amide bonds. The Kier molecular flexibility index (Phi) is 6.32. The summed E-state index contributed by atoms with van der Waals surface area (Å²) in [7, 11) is 0. The molecule has 1 fully saturated rings. The van der Waals surface area contributed by atoms with E-state index in [9.17, 15) is 4.79 Å².